The van der Waals surface area contributed by atoms with Crippen molar-refractivity contribution in [1.82, 2.24) is 0 Å². The monoisotopic (exact) mass is 559 g/mol. The normalized spacial score (nSPS) is 15.6. The van der Waals surface area contributed by atoms with Crippen molar-refractivity contribution in [3.63, 3.8) is 0 Å². The molecule has 1 saturated carbocycles. The number of hydrogen-bond acceptors (Lipinski definition) is 1. The van der Waals surface area contributed by atoms with Crippen molar-refractivity contribution in [3.05, 3.63) is 161 Å². The molecule has 0 N–H and O–H groups in total. The van der Waals surface area contributed by atoms with Gasteiger partial charge in [-0.05, 0) is 120 Å². The van der Waals surface area contributed by atoms with Crippen molar-refractivity contribution in [3.8, 4) is 0 Å². The number of fused-ring (bicyclic) bond motifs is 1. The topological polar surface area (TPSA) is 3.24 Å². The highest BCUT2D eigenvalue weighted by molar-refractivity contribution is 5.92. The fourth-order valence-corrected chi connectivity index (χ4v) is 7.18. The van der Waals surface area contributed by atoms with E-state index in [4.69, 9.17) is 0 Å². The van der Waals surface area contributed by atoms with Crippen LogP contribution in [0.5, 0.6) is 0 Å². The van der Waals surface area contributed by atoms with Crippen molar-refractivity contribution in [1.29, 1.82) is 0 Å². The van der Waals surface area contributed by atoms with Crippen molar-refractivity contribution < 1.29 is 0 Å². The van der Waals surface area contributed by atoms with Gasteiger partial charge in [0.05, 0.1) is 0 Å². The summed E-state index contributed by atoms with van der Waals surface area (Å²) in [7, 11) is 0. The quantitative estimate of drug-likeness (QED) is 0.179. The minimum atomic E-state index is 0.724. The molecule has 1 fully saturated rings. The number of nitrogens with zero attached hydrogens (tertiary/aromatic N) is 1. The number of anilines is 3. The zero-order valence-corrected chi connectivity index (χ0v) is 25.1. The van der Waals surface area contributed by atoms with E-state index in [1.165, 1.54) is 107 Å². The molecule has 2 aliphatic carbocycles. The third-order valence-corrected chi connectivity index (χ3v) is 9.47. The van der Waals surface area contributed by atoms with E-state index in [2.05, 4.69) is 138 Å². The van der Waals surface area contributed by atoms with E-state index in [-0.39, 0.29) is 0 Å². The summed E-state index contributed by atoms with van der Waals surface area (Å²) in [6.07, 6.45) is 14.0. The largest absolute Gasteiger partial charge is 0.310 e. The molecule has 5 aromatic carbocycles. The molecule has 0 bridgehead atoms. The fraction of sp³-hybridized carbons (Fsp3) is 0.238. The van der Waals surface area contributed by atoms with Gasteiger partial charge in [0, 0.05) is 17.1 Å². The molecule has 2 aliphatic rings. The van der Waals surface area contributed by atoms with Crippen LogP contribution < -0.4 is 4.90 Å². The van der Waals surface area contributed by atoms with Crippen LogP contribution in [0.3, 0.4) is 0 Å². The van der Waals surface area contributed by atoms with Crippen LogP contribution in [0.15, 0.2) is 127 Å². The van der Waals surface area contributed by atoms with E-state index in [1.54, 1.807) is 0 Å². The average molecular weight is 560 g/mol. The first-order valence-electron chi connectivity index (χ1n) is 16.3. The molecule has 5 aromatic rings. The van der Waals surface area contributed by atoms with Crippen LogP contribution in [0.2, 0.25) is 0 Å². The number of rotatable bonds is 7. The Labute approximate surface area is 257 Å². The summed E-state index contributed by atoms with van der Waals surface area (Å²) in [4.78, 5) is 2.44. The minimum Gasteiger partial charge on any atom is -0.310 e. The summed E-state index contributed by atoms with van der Waals surface area (Å²) in [6, 6.07) is 47.1. The SMILES string of the molecule is C(=C(c1ccccc1)c1ccc(C2CCCCC2)cc1)c1ccc(N(c2ccccc2)c2cccc3c2CCCC3)cc1. The molecular formula is C42H41N. The van der Waals surface area contributed by atoms with Gasteiger partial charge in [0.15, 0.2) is 0 Å². The smallest absolute Gasteiger partial charge is 0.0496 e. The van der Waals surface area contributed by atoms with E-state index in [1.807, 2.05) is 0 Å². The molecule has 43 heavy (non-hydrogen) atoms. The molecule has 7 rings (SSSR count). The van der Waals surface area contributed by atoms with Gasteiger partial charge in [-0.25, -0.2) is 0 Å². The molecule has 0 amide bonds. The van der Waals surface area contributed by atoms with E-state index in [0.717, 1.165) is 12.3 Å². The first-order chi connectivity index (χ1) is 21.3. The number of aryl methyl sites for hydroxylation is 1. The van der Waals surface area contributed by atoms with Crippen LogP contribution in [-0.2, 0) is 12.8 Å². The maximum atomic E-state index is 2.44. The van der Waals surface area contributed by atoms with Gasteiger partial charge in [0.2, 0.25) is 0 Å². The van der Waals surface area contributed by atoms with Gasteiger partial charge in [0.1, 0.15) is 0 Å². The Hall–Kier alpha value is -4.36. The Balaban J connectivity index is 1.24. The molecule has 0 aliphatic heterocycles. The molecule has 1 nitrogen and oxygen atoms in total. The van der Waals surface area contributed by atoms with Gasteiger partial charge in [-0.15, -0.1) is 0 Å². The summed E-state index contributed by atoms with van der Waals surface area (Å²) in [5.74, 6) is 0.724. The Bertz CT molecular complexity index is 1660. The van der Waals surface area contributed by atoms with Gasteiger partial charge >= 0.3 is 0 Å². The van der Waals surface area contributed by atoms with Crippen LogP contribution in [-0.4, -0.2) is 0 Å². The highest BCUT2D eigenvalue weighted by atomic mass is 15.1. The fourth-order valence-electron chi connectivity index (χ4n) is 7.18. The van der Waals surface area contributed by atoms with E-state index < -0.39 is 0 Å². The van der Waals surface area contributed by atoms with E-state index in [0.29, 0.717) is 0 Å². The van der Waals surface area contributed by atoms with Gasteiger partial charge < -0.3 is 4.90 Å². The zero-order valence-electron chi connectivity index (χ0n) is 25.1. The number of benzene rings is 5. The van der Waals surface area contributed by atoms with E-state index >= 15 is 0 Å². The van der Waals surface area contributed by atoms with Gasteiger partial charge in [0.25, 0.3) is 0 Å². The van der Waals surface area contributed by atoms with Crippen molar-refractivity contribution in [2.75, 3.05) is 4.90 Å². The molecular weight excluding hydrogens is 518 g/mol. The first-order valence-corrected chi connectivity index (χ1v) is 16.3. The molecule has 0 heterocycles. The molecule has 0 atom stereocenters. The third-order valence-electron chi connectivity index (χ3n) is 9.47. The minimum absolute atomic E-state index is 0.724. The molecule has 214 valence electrons. The maximum Gasteiger partial charge on any atom is 0.0496 e. The van der Waals surface area contributed by atoms with Crippen LogP contribution in [0.1, 0.15) is 84.2 Å². The second-order valence-corrected chi connectivity index (χ2v) is 12.3. The van der Waals surface area contributed by atoms with Gasteiger partial charge in [-0.2, -0.15) is 0 Å². The lowest BCUT2D eigenvalue weighted by Crippen LogP contribution is -2.15. The predicted octanol–water partition coefficient (Wildman–Crippen LogP) is 11.7. The average Bonchev–Trinajstić information content (AvgIpc) is 3.09. The van der Waals surface area contributed by atoms with Gasteiger partial charge in [-0.3, -0.25) is 0 Å². The second-order valence-electron chi connectivity index (χ2n) is 12.3. The maximum absolute atomic E-state index is 2.44. The highest BCUT2D eigenvalue weighted by Crippen LogP contribution is 2.40. The molecule has 0 saturated heterocycles. The Morgan fingerprint density at radius 3 is 1.93 bits per heavy atom. The number of para-hydroxylation sites is 1. The lowest BCUT2D eigenvalue weighted by atomic mass is 9.83. The van der Waals surface area contributed by atoms with Crippen molar-refractivity contribution in [2.45, 2.75) is 63.7 Å². The molecule has 1 heteroatoms. The Kier molecular flexibility index (Phi) is 8.23. The van der Waals surface area contributed by atoms with Crippen LogP contribution in [0.25, 0.3) is 11.6 Å². The summed E-state index contributed by atoms with van der Waals surface area (Å²) in [5.41, 5.74) is 13.2. The zero-order chi connectivity index (χ0) is 28.8. The summed E-state index contributed by atoms with van der Waals surface area (Å²) in [5, 5.41) is 0. The predicted molar refractivity (Wildman–Crippen MR) is 183 cm³/mol. The lowest BCUT2D eigenvalue weighted by molar-refractivity contribution is 0.443. The molecule has 0 unspecified atom stereocenters. The van der Waals surface area contributed by atoms with Crippen LogP contribution in [0, 0.1) is 0 Å². The molecule has 0 spiro atoms. The third kappa shape index (κ3) is 6.09. The lowest BCUT2D eigenvalue weighted by Gasteiger charge is -2.30. The van der Waals surface area contributed by atoms with Crippen LogP contribution >= 0.6 is 0 Å². The molecule has 0 aromatic heterocycles. The van der Waals surface area contributed by atoms with Crippen molar-refractivity contribution >= 4 is 28.7 Å². The first kappa shape index (κ1) is 27.5. The highest BCUT2D eigenvalue weighted by Gasteiger charge is 2.20. The van der Waals surface area contributed by atoms with Crippen LogP contribution in [0.4, 0.5) is 17.1 Å². The number of hydrogen-bond donors (Lipinski definition) is 0. The molecule has 0 radical (unpaired) electrons. The summed E-state index contributed by atoms with van der Waals surface area (Å²) in [6.45, 7) is 0. The van der Waals surface area contributed by atoms with Crippen molar-refractivity contribution in [2.24, 2.45) is 0 Å². The standard InChI is InChI=1S/C42H41N/c1-4-13-33(14-5-1)34-25-27-37(28-26-34)41(36-15-6-2-7-16-36)31-32-23-29-39(30-24-32)43(38-19-8-3-9-20-38)42-22-12-18-35-17-10-11-21-40(35)42/h2-3,6-9,12,15-16,18-20,22-31,33H,1,4-5,10-11,13-14,17,21H2. The Morgan fingerprint density at radius 1 is 0.535 bits per heavy atom. The second kappa shape index (κ2) is 12.9. The van der Waals surface area contributed by atoms with Gasteiger partial charge in [-0.1, -0.05) is 116 Å². The summed E-state index contributed by atoms with van der Waals surface area (Å²) >= 11 is 0. The summed E-state index contributed by atoms with van der Waals surface area (Å²) < 4.78 is 0. The Morgan fingerprint density at radius 2 is 1.19 bits per heavy atom. The van der Waals surface area contributed by atoms with E-state index in [9.17, 15) is 0 Å².